The maximum atomic E-state index is 9.73. The molecule has 1 atom stereocenters. The number of hydrogen-bond acceptors (Lipinski definition) is 3. The number of aliphatic hydroxyl groups excluding tert-OH is 1. The van der Waals surface area contributed by atoms with E-state index in [1.54, 1.807) is 11.3 Å². The summed E-state index contributed by atoms with van der Waals surface area (Å²) in [7, 11) is 0. The van der Waals surface area contributed by atoms with Gasteiger partial charge in [-0.05, 0) is 41.3 Å². The summed E-state index contributed by atoms with van der Waals surface area (Å²) in [6.07, 6.45) is 3.76. The van der Waals surface area contributed by atoms with Gasteiger partial charge in [0.1, 0.15) is 0 Å². The first-order chi connectivity index (χ1) is 6.86. The Morgan fingerprint density at radius 3 is 3.07 bits per heavy atom. The van der Waals surface area contributed by atoms with Crippen LogP contribution in [0.25, 0.3) is 0 Å². The van der Waals surface area contributed by atoms with E-state index >= 15 is 0 Å². The Balaban J connectivity index is 1.59. The molecule has 1 aliphatic carbocycles. The number of aliphatic hydroxyl groups is 1. The summed E-state index contributed by atoms with van der Waals surface area (Å²) in [6.45, 7) is 1.73. The van der Waals surface area contributed by atoms with Crippen molar-refractivity contribution in [3.8, 4) is 0 Å². The molecule has 1 saturated carbocycles. The van der Waals surface area contributed by atoms with Gasteiger partial charge in [-0.3, -0.25) is 0 Å². The lowest BCUT2D eigenvalue weighted by atomic mass is 10.2. The van der Waals surface area contributed by atoms with Gasteiger partial charge in [-0.1, -0.05) is 12.8 Å². The van der Waals surface area contributed by atoms with Gasteiger partial charge in [0, 0.05) is 6.54 Å². The molecule has 0 bridgehead atoms. The first kappa shape index (κ1) is 10.1. The number of rotatable bonds is 6. The minimum Gasteiger partial charge on any atom is -0.387 e. The molecule has 1 aromatic rings. The summed E-state index contributed by atoms with van der Waals surface area (Å²) in [5.41, 5.74) is 1.04. The van der Waals surface area contributed by atoms with Crippen molar-refractivity contribution in [1.29, 1.82) is 0 Å². The summed E-state index contributed by atoms with van der Waals surface area (Å²) >= 11 is 1.63. The monoisotopic (exact) mass is 211 g/mol. The zero-order valence-corrected chi connectivity index (χ0v) is 9.09. The van der Waals surface area contributed by atoms with Crippen molar-refractivity contribution < 1.29 is 5.11 Å². The third kappa shape index (κ3) is 3.08. The molecule has 3 heteroatoms. The molecule has 2 rings (SSSR count). The van der Waals surface area contributed by atoms with Crippen LogP contribution < -0.4 is 5.32 Å². The lowest BCUT2D eigenvalue weighted by molar-refractivity contribution is 0.175. The van der Waals surface area contributed by atoms with Crippen LogP contribution in [-0.4, -0.2) is 18.2 Å². The Morgan fingerprint density at radius 2 is 2.43 bits per heavy atom. The van der Waals surface area contributed by atoms with Gasteiger partial charge in [0.15, 0.2) is 0 Å². The van der Waals surface area contributed by atoms with Crippen LogP contribution in [0.5, 0.6) is 0 Å². The standard InChI is InChI=1S/C11H17NOS/c13-11(10-4-6-14-8-10)7-12-5-3-9-1-2-9/h4,6,8-9,11-13H,1-3,5,7H2. The average Bonchev–Trinajstić information content (AvgIpc) is 2.84. The lowest BCUT2D eigenvalue weighted by Gasteiger charge is -2.09. The molecule has 1 fully saturated rings. The maximum Gasteiger partial charge on any atom is 0.0922 e. The lowest BCUT2D eigenvalue weighted by Crippen LogP contribution is -2.22. The fourth-order valence-electron chi connectivity index (χ4n) is 1.53. The Morgan fingerprint density at radius 1 is 1.57 bits per heavy atom. The molecule has 0 amide bonds. The van der Waals surface area contributed by atoms with Crippen molar-refractivity contribution in [1.82, 2.24) is 5.32 Å². The van der Waals surface area contributed by atoms with Crippen molar-refractivity contribution in [2.45, 2.75) is 25.4 Å². The average molecular weight is 211 g/mol. The fraction of sp³-hybridized carbons (Fsp3) is 0.636. The largest absolute Gasteiger partial charge is 0.387 e. The molecule has 2 nitrogen and oxygen atoms in total. The molecule has 14 heavy (non-hydrogen) atoms. The van der Waals surface area contributed by atoms with E-state index in [2.05, 4.69) is 5.32 Å². The number of hydrogen-bond donors (Lipinski definition) is 2. The van der Waals surface area contributed by atoms with Crippen LogP contribution >= 0.6 is 11.3 Å². The van der Waals surface area contributed by atoms with Crippen LogP contribution in [0.15, 0.2) is 16.8 Å². The molecule has 78 valence electrons. The van der Waals surface area contributed by atoms with Crippen LogP contribution in [0.1, 0.15) is 30.9 Å². The van der Waals surface area contributed by atoms with Crippen molar-refractivity contribution in [2.75, 3.05) is 13.1 Å². The Bertz CT molecular complexity index is 256. The van der Waals surface area contributed by atoms with Gasteiger partial charge in [-0.25, -0.2) is 0 Å². The molecule has 2 N–H and O–H groups in total. The smallest absolute Gasteiger partial charge is 0.0922 e. The van der Waals surface area contributed by atoms with Gasteiger partial charge in [0.05, 0.1) is 6.10 Å². The molecule has 0 saturated heterocycles. The van der Waals surface area contributed by atoms with Gasteiger partial charge in [0.25, 0.3) is 0 Å². The number of thiophene rings is 1. The van der Waals surface area contributed by atoms with Crippen LogP contribution in [0.2, 0.25) is 0 Å². The Labute approximate surface area is 89.0 Å². The normalized spacial score (nSPS) is 18.4. The third-order valence-electron chi connectivity index (χ3n) is 2.69. The molecule has 0 aliphatic heterocycles. The Hall–Kier alpha value is -0.380. The van der Waals surface area contributed by atoms with E-state index in [0.717, 1.165) is 18.0 Å². The van der Waals surface area contributed by atoms with E-state index in [9.17, 15) is 5.11 Å². The highest BCUT2D eigenvalue weighted by Crippen LogP contribution is 2.31. The molecule has 1 unspecified atom stereocenters. The minimum absolute atomic E-state index is 0.333. The van der Waals surface area contributed by atoms with Gasteiger partial charge in [0.2, 0.25) is 0 Å². The molecule has 1 aromatic heterocycles. The Kier molecular flexibility index (Phi) is 3.56. The first-order valence-corrected chi connectivity index (χ1v) is 6.21. The van der Waals surface area contributed by atoms with E-state index in [1.807, 2.05) is 16.8 Å². The summed E-state index contributed by atoms with van der Waals surface area (Å²) in [6, 6.07) is 1.98. The van der Waals surface area contributed by atoms with E-state index in [1.165, 1.54) is 19.3 Å². The maximum absolute atomic E-state index is 9.73. The highest BCUT2D eigenvalue weighted by Gasteiger charge is 2.20. The van der Waals surface area contributed by atoms with Crippen LogP contribution in [-0.2, 0) is 0 Å². The summed E-state index contributed by atoms with van der Waals surface area (Å²) in [4.78, 5) is 0. The second-order valence-corrected chi connectivity index (χ2v) is 4.79. The van der Waals surface area contributed by atoms with Crippen molar-refractivity contribution >= 4 is 11.3 Å². The second-order valence-electron chi connectivity index (χ2n) is 4.01. The van der Waals surface area contributed by atoms with Crippen LogP contribution in [0.3, 0.4) is 0 Å². The van der Waals surface area contributed by atoms with Crippen molar-refractivity contribution in [2.24, 2.45) is 5.92 Å². The van der Waals surface area contributed by atoms with Crippen LogP contribution in [0.4, 0.5) is 0 Å². The molecule has 0 radical (unpaired) electrons. The van der Waals surface area contributed by atoms with E-state index in [4.69, 9.17) is 0 Å². The zero-order chi connectivity index (χ0) is 9.80. The number of nitrogens with one attached hydrogen (secondary N) is 1. The topological polar surface area (TPSA) is 32.3 Å². The molecule has 0 spiro atoms. The minimum atomic E-state index is -0.333. The predicted molar refractivity (Wildman–Crippen MR) is 59.5 cm³/mol. The SMILES string of the molecule is OC(CNCCC1CC1)c1ccsc1. The van der Waals surface area contributed by atoms with Crippen molar-refractivity contribution in [3.63, 3.8) is 0 Å². The first-order valence-electron chi connectivity index (χ1n) is 5.27. The predicted octanol–water partition coefficient (Wildman–Crippen LogP) is 2.17. The zero-order valence-electron chi connectivity index (χ0n) is 8.28. The highest BCUT2D eigenvalue weighted by atomic mass is 32.1. The quantitative estimate of drug-likeness (QED) is 0.707. The molecular weight excluding hydrogens is 194 g/mol. The van der Waals surface area contributed by atoms with Gasteiger partial charge < -0.3 is 10.4 Å². The fourth-order valence-corrected chi connectivity index (χ4v) is 2.24. The second kappa shape index (κ2) is 4.91. The van der Waals surface area contributed by atoms with Crippen LogP contribution in [0, 0.1) is 5.92 Å². The van der Waals surface area contributed by atoms with Gasteiger partial charge in [-0.15, -0.1) is 0 Å². The summed E-state index contributed by atoms with van der Waals surface area (Å²) < 4.78 is 0. The van der Waals surface area contributed by atoms with Crippen molar-refractivity contribution in [3.05, 3.63) is 22.4 Å². The molecular formula is C11H17NOS. The van der Waals surface area contributed by atoms with Gasteiger partial charge in [-0.2, -0.15) is 11.3 Å². The summed E-state index contributed by atoms with van der Waals surface area (Å²) in [5.74, 6) is 0.973. The summed E-state index contributed by atoms with van der Waals surface area (Å²) in [5, 5.41) is 17.0. The molecule has 0 aromatic carbocycles. The molecule has 1 heterocycles. The van der Waals surface area contributed by atoms with Gasteiger partial charge >= 0.3 is 0 Å². The van der Waals surface area contributed by atoms with E-state index in [0.29, 0.717) is 6.54 Å². The van der Waals surface area contributed by atoms with E-state index in [-0.39, 0.29) is 6.10 Å². The molecule has 1 aliphatic rings. The van der Waals surface area contributed by atoms with E-state index < -0.39 is 0 Å². The highest BCUT2D eigenvalue weighted by molar-refractivity contribution is 7.07. The third-order valence-corrected chi connectivity index (χ3v) is 3.39.